The molecule has 14 nitrogen and oxygen atoms in total. The predicted octanol–water partition coefficient (Wildman–Crippen LogP) is 4.26. The van der Waals surface area contributed by atoms with Crippen LogP contribution in [0.4, 0.5) is 26.2 Å². The number of phosphoric ester groups is 1. The van der Waals surface area contributed by atoms with Crippen LogP contribution in [0.5, 0.6) is 0 Å². The number of halogens is 2. The second kappa shape index (κ2) is 13.4. The van der Waals surface area contributed by atoms with Gasteiger partial charge in [0.25, 0.3) is 0 Å². The van der Waals surface area contributed by atoms with Gasteiger partial charge in [0.05, 0.1) is 13.2 Å². The first-order chi connectivity index (χ1) is 22.3. The van der Waals surface area contributed by atoms with Crippen molar-refractivity contribution in [2.45, 2.75) is 42.2 Å². The number of aromatic amines is 1. The van der Waals surface area contributed by atoms with Crippen molar-refractivity contribution in [2.24, 2.45) is 17.8 Å². The molecule has 1 aliphatic carbocycles. The first-order valence-electron chi connectivity index (χ1n) is 14.9. The quantitative estimate of drug-likeness (QED) is 0.133. The Hall–Kier alpha value is -3.73. The summed E-state index contributed by atoms with van der Waals surface area (Å²) in [5, 5.41) is 13.7. The summed E-state index contributed by atoms with van der Waals surface area (Å²) in [7, 11) is -4.86. The minimum Gasteiger partial charge on any atom is -0.325 e. The van der Waals surface area contributed by atoms with Crippen molar-refractivity contribution >= 4 is 54.4 Å². The summed E-state index contributed by atoms with van der Waals surface area (Å²) in [5.41, 5.74) is 2.19. The van der Waals surface area contributed by atoms with E-state index in [2.05, 4.69) is 35.3 Å². The average molecular weight is 691 g/mol. The fourth-order valence-electron chi connectivity index (χ4n) is 6.06. The number of hydrogen-bond donors (Lipinski definition) is 5. The molecule has 250 valence electrons. The third-order valence-corrected chi connectivity index (χ3v) is 9.53. The molecule has 0 bridgehead atoms. The summed E-state index contributed by atoms with van der Waals surface area (Å²) >= 11 is 1.36. The second-order valence-corrected chi connectivity index (χ2v) is 14.1. The number of carbonyl (C=O) groups excluding carboxylic acids is 2. The van der Waals surface area contributed by atoms with E-state index in [0.717, 1.165) is 10.6 Å². The number of benzene rings is 1. The molecule has 3 aromatic heterocycles. The zero-order chi connectivity index (χ0) is 33.3. The van der Waals surface area contributed by atoms with Gasteiger partial charge in [0.1, 0.15) is 11.4 Å². The van der Waals surface area contributed by atoms with Crippen LogP contribution in [-0.4, -0.2) is 83.1 Å². The third kappa shape index (κ3) is 8.41. The van der Waals surface area contributed by atoms with Crippen LogP contribution in [0.15, 0.2) is 58.7 Å². The van der Waals surface area contributed by atoms with Crippen LogP contribution in [0.3, 0.4) is 0 Å². The van der Waals surface area contributed by atoms with Gasteiger partial charge in [-0.1, -0.05) is 0 Å². The van der Waals surface area contributed by atoms with Crippen LogP contribution >= 0.6 is 19.6 Å². The molecule has 18 heteroatoms. The number of phosphoric acid groups is 1. The van der Waals surface area contributed by atoms with Gasteiger partial charge in [-0.2, -0.15) is 10.1 Å². The van der Waals surface area contributed by atoms with Crippen molar-refractivity contribution in [1.29, 1.82) is 0 Å². The highest BCUT2D eigenvalue weighted by molar-refractivity contribution is 7.99. The lowest BCUT2D eigenvalue weighted by molar-refractivity contribution is -0.128. The molecule has 1 unspecified atom stereocenters. The van der Waals surface area contributed by atoms with Crippen LogP contribution in [0, 0.1) is 24.7 Å². The zero-order valence-corrected chi connectivity index (χ0v) is 26.9. The van der Waals surface area contributed by atoms with Crippen molar-refractivity contribution in [1.82, 2.24) is 29.5 Å². The highest BCUT2D eigenvalue weighted by Crippen LogP contribution is 2.47. The van der Waals surface area contributed by atoms with E-state index in [1.165, 1.54) is 11.8 Å². The maximum atomic E-state index is 14.2. The summed E-state index contributed by atoms with van der Waals surface area (Å²) in [4.78, 5) is 55.9. The fraction of sp³-hybridized carbons (Fsp3) is 0.414. The Morgan fingerprint density at radius 1 is 1.19 bits per heavy atom. The number of hydrogen-bond acceptors (Lipinski definition) is 10. The molecule has 0 radical (unpaired) electrons. The lowest BCUT2D eigenvalue weighted by atomic mass is 9.85. The summed E-state index contributed by atoms with van der Waals surface area (Å²) < 4.78 is 45.7. The van der Waals surface area contributed by atoms with Crippen molar-refractivity contribution in [2.75, 3.05) is 36.9 Å². The second-order valence-electron chi connectivity index (χ2n) is 11.8. The van der Waals surface area contributed by atoms with E-state index in [9.17, 15) is 22.9 Å². The van der Waals surface area contributed by atoms with Gasteiger partial charge < -0.3 is 20.4 Å². The highest BCUT2D eigenvalue weighted by Gasteiger charge is 2.51. The monoisotopic (exact) mass is 690 g/mol. The summed E-state index contributed by atoms with van der Waals surface area (Å²) in [5.74, 6) is -5.20. The summed E-state index contributed by atoms with van der Waals surface area (Å²) in [6, 6.07) is 12.8. The van der Waals surface area contributed by atoms with Crippen molar-refractivity contribution in [3.05, 3.63) is 54.4 Å². The number of rotatable bonds is 12. The number of Topliss-reactive ketones (excluding diaryl/α,β-unsaturated/α-hetero) is 1. The number of aryl methyl sites for hydroxylation is 1. The van der Waals surface area contributed by atoms with Gasteiger partial charge in [-0.05, 0) is 74.0 Å². The van der Waals surface area contributed by atoms with E-state index in [0.29, 0.717) is 41.2 Å². The van der Waals surface area contributed by atoms with Gasteiger partial charge in [-0.25, -0.2) is 18.3 Å². The summed E-state index contributed by atoms with van der Waals surface area (Å²) in [6.45, 7) is 1.97. The van der Waals surface area contributed by atoms with Crippen LogP contribution in [0.25, 0.3) is 5.65 Å². The maximum absolute atomic E-state index is 14.2. The lowest BCUT2D eigenvalue weighted by Crippen LogP contribution is -2.34. The minimum absolute atomic E-state index is 0.0162. The zero-order valence-electron chi connectivity index (χ0n) is 25.2. The molecule has 6 rings (SSSR count). The van der Waals surface area contributed by atoms with E-state index in [4.69, 9.17) is 9.79 Å². The Labute approximate surface area is 271 Å². The summed E-state index contributed by atoms with van der Waals surface area (Å²) in [6.07, 6.45) is 0.910. The van der Waals surface area contributed by atoms with Crippen molar-refractivity contribution < 1.29 is 37.2 Å². The predicted molar refractivity (Wildman–Crippen MR) is 168 cm³/mol. The molecule has 1 amide bonds. The number of aromatic nitrogens is 5. The van der Waals surface area contributed by atoms with E-state index < -0.39 is 50.9 Å². The van der Waals surface area contributed by atoms with Gasteiger partial charge in [-0.15, -0.1) is 0 Å². The Kier molecular flexibility index (Phi) is 9.47. The molecule has 4 heterocycles. The van der Waals surface area contributed by atoms with E-state index in [1.807, 2.05) is 47.9 Å². The number of carbonyl (C=O) groups is 2. The van der Waals surface area contributed by atoms with Gasteiger partial charge >= 0.3 is 7.82 Å². The first-order valence-corrected chi connectivity index (χ1v) is 17.2. The lowest BCUT2D eigenvalue weighted by Gasteiger charge is -2.21. The fourth-order valence-corrected chi connectivity index (χ4v) is 7.20. The average Bonchev–Trinajstić information content (AvgIpc) is 3.80. The molecule has 3 atom stereocenters. The number of nitrogens with zero attached hydrogens (tertiary/aromatic N) is 5. The number of ketones is 1. The van der Waals surface area contributed by atoms with E-state index >= 15 is 0 Å². The highest BCUT2D eigenvalue weighted by atomic mass is 32.2. The standard InChI is InChI=1S/C29H33F2N8O6PS/c1-17-11-23(37-36-17)33-27-35-28(34-24-3-2-9-39(24)27)47-21-6-4-20(5-7-21)32-25(40)15-38-10-8-18(14-38)26(41)22-13-29(30,31)12-19(22)16-45-46(42,43)44/h2-7,9,11,18-19,22H,8,10,12-16H2,1H3,(H,32,40)(H2,42,43,44)(H2,33,34,35,36,37)/t18-,19+,22?/m1/s1. The van der Waals surface area contributed by atoms with E-state index in [-0.39, 0.29) is 24.8 Å². The molecule has 4 aromatic rings. The molecule has 47 heavy (non-hydrogen) atoms. The molecule has 1 saturated carbocycles. The number of alkyl halides is 2. The SMILES string of the molecule is Cc1cc(Nc2nc(Sc3ccc(NC(=O)CN4CC[C@@H](C(=O)C5CC(F)(F)C[C@H]5COP(=O)(O)O)C4)cc3)nc3cccn23)n[nH]1. The number of nitrogens with one attached hydrogen (secondary N) is 3. The Bertz CT molecular complexity index is 1820. The molecule has 5 N–H and O–H groups in total. The van der Waals surface area contributed by atoms with Crippen LogP contribution < -0.4 is 10.6 Å². The Balaban J connectivity index is 1.01. The maximum Gasteiger partial charge on any atom is 0.469 e. The Morgan fingerprint density at radius 3 is 2.70 bits per heavy atom. The largest absolute Gasteiger partial charge is 0.469 e. The van der Waals surface area contributed by atoms with Crippen molar-refractivity contribution in [3.63, 3.8) is 0 Å². The van der Waals surface area contributed by atoms with Gasteiger partial charge in [0, 0.05) is 59.8 Å². The molecule has 1 saturated heterocycles. The number of amides is 1. The minimum atomic E-state index is -4.86. The molecular formula is C29H33F2N8O6PS. The molecule has 0 spiro atoms. The number of likely N-dealkylation sites (tertiary alicyclic amines) is 1. The Morgan fingerprint density at radius 2 is 1.98 bits per heavy atom. The van der Waals surface area contributed by atoms with Crippen LogP contribution in [0.2, 0.25) is 0 Å². The number of H-pyrrole nitrogens is 1. The first kappa shape index (κ1) is 33.2. The number of anilines is 3. The molecule has 1 aliphatic heterocycles. The molecule has 2 aliphatic rings. The molecule has 2 fully saturated rings. The van der Waals surface area contributed by atoms with E-state index in [1.54, 1.807) is 17.0 Å². The molecular weight excluding hydrogens is 657 g/mol. The molecule has 1 aromatic carbocycles. The van der Waals surface area contributed by atoms with Crippen LogP contribution in [-0.2, 0) is 18.7 Å². The normalized spacial score (nSPS) is 21.3. The van der Waals surface area contributed by atoms with Gasteiger partial charge in [-0.3, -0.25) is 28.5 Å². The topological polar surface area (TPSA) is 187 Å². The number of fused-ring (bicyclic) bond motifs is 1. The third-order valence-electron chi connectivity index (χ3n) is 8.17. The van der Waals surface area contributed by atoms with Crippen molar-refractivity contribution in [3.8, 4) is 0 Å². The smallest absolute Gasteiger partial charge is 0.325 e. The van der Waals surface area contributed by atoms with Gasteiger partial charge in [0.2, 0.25) is 17.8 Å². The van der Waals surface area contributed by atoms with Gasteiger partial charge in [0.15, 0.2) is 11.0 Å². The van der Waals surface area contributed by atoms with Crippen LogP contribution in [0.1, 0.15) is 25.0 Å².